The van der Waals surface area contributed by atoms with Gasteiger partial charge in [-0.3, -0.25) is 0 Å². The molecule has 1 heterocycles. The Kier molecular flexibility index (Phi) is 2.95. The van der Waals surface area contributed by atoms with Crippen LogP contribution in [0, 0.1) is 0 Å². The summed E-state index contributed by atoms with van der Waals surface area (Å²) in [6.45, 7) is 2.16. The van der Waals surface area contributed by atoms with Gasteiger partial charge in [0.25, 0.3) is 0 Å². The molecule has 1 atom stereocenters. The van der Waals surface area contributed by atoms with Crippen molar-refractivity contribution in [3.05, 3.63) is 29.8 Å². The first-order chi connectivity index (χ1) is 7.33. The van der Waals surface area contributed by atoms with Crippen LogP contribution in [0.5, 0.6) is 11.5 Å². The third-order valence-corrected chi connectivity index (χ3v) is 2.56. The maximum atomic E-state index is 5.85. The van der Waals surface area contributed by atoms with Crippen LogP contribution in [0.25, 0.3) is 6.08 Å². The van der Waals surface area contributed by atoms with Crippen molar-refractivity contribution in [1.29, 1.82) is 0 Å². The molecule has 2 nitrogen and oxygen atoms in total. The SMILES string of the molecule is CCCC1C=Cc2ccc(OC)cc2O1. The lowest BCUT2D eigenvalue weighted by Crippen LogP contribution is -2.16. The topological polar surface area (TPSA) is 18.5 Å². The largest absolute Gasteiger partial charge is 0.497 e. The second-order valence-corrected chi connectivity index (χ2v) is 3.71. The zero-order chi connectivity index (χ0) is 10.7. The molecule has 0 bridgehead atoms. The normalized spacial score (nSPS) is 18.1. The van der Waals surface area contributed by atoms with Crippen LogP contribution in [-0.4, -0.2) is 13.2 Å². The summed E-state index contributed by atoms with van der Waals surface area (Å²) in [7, 11) is 1.67. The van der Waals surface area contributed by atoms with Gasteiger partial charge < -0.3 is 9.47 Å². The van der Waals surface area contributed by atoms with Crippen molar-refractivity contribution in [3.63, 3.8) is 0 Å². The summed E-state index contributed by atoms with van der Waals surface area (Å²) in [5, 5.41) is 0. The molecule has 0 saturated heterocycles. The molecule has 1 aliphatic heterocycles. The molecule has 0 aromatic heterocycles. The summed E-state index contributed by atoms with van der Waals surface area (Å²) in [4.78, 5) is 0. The molecule has 15 heavy (non-hydrogen) atoms. The number of ether oxygens (including phenoxy) is 2. The molecule has 1 unspecified atom stereocenters. The van der Waals surface area contributed by atoms with Gasteiger partial charge in [0.2, 0.25) is 0 Å². The Morgan fingerprint density at radius 3 is 3.00 bits per heavy atom. The summed E-state index contributed by atoms with van der Waals surface area (Å²) in [5.41, 5.74) is 1.13. The quantitative estimate of drug-likeness (QED) is 0.752. The molecule has 0 saturated carbocycles. The Hall–Kier alpha value is -1.44. The van der Waals surface area contributed by atoms with Crippen molar-refractivity contribution in [2.75, 3.05) is 7.11 Å². The lowest BCUT2D eigenvalue weighted by atomic mass is 10.1. The fraction of sp³-hybridized carbons (Fsp3) is 0.385. The van der Waals surface area contributed by atoms with E-state index in [0.29, 0.717) is 0 Å². The molecule has 1 aromatic carbocycles. The van der Waals surface area contributed by atoms with Gasteiger partial charge in [0.1, 0.15) is 17.6 Å². The van der Waals surface area contributed by atoms with Gasteiger partial charge >= 0.3 is 0 Å². The van der Waals surface area contributed by atoms with Crippen LogP contribution in [0.1, 0.15) is 25.3 Å². The maximum Gasteiger partial charge on any atom is 0.131 e. The van der Waals surface area contributed by atoms with Crippen molar-refractivity contribution in [2.45, 2.75) is 25.9 Å². The summed E-state index contributed by atoms with van der Waals surface area (Å²) >= 11 is 0. The van der Waals surface area contributed by atoms with Crippen LogP contribution in [0.3, 0.4) is 0 Å². The van der Waals surface area contributed by atoms with Crippen molar-refractivity contribution in [1.82, 2.24) is 0 Å². The van der Waals surface area contributed by atoms with E-state index in [1.165, 1.54) is 0 Å². The molecule has 0 aliphatic carbocycles. The second-order valence-electron chi connectivity index (χ2n) is 3.71. The third-order valence-electron chi connectivity index (χ3n) is 2.56. The highest BCUT2D eigenvalue weighted by atomic mass is 16.5. The van der Waals surface area contributed by atoms with Gasteiger partial charge in [-0.05, 0) is 24.6 Å². The minimum absolute atomic E-state index is 0.217. The summed E-state index contributed by atoms with van der Waals surface area (Å²) in [5.74, 6) is 1.77. The lowest BCUT2D eigenvalue weighted by Gasteiger charge is -2.21. The van der Waals surface area contributed by atoms with Crippen LogP contribution in [-0.2, 0) is 0 Å². The van der Waals surface area contributed by atoms with Gasteiger partial charge in [-0.1, -0.05) is 19.4 Å². The minimum Gasteiger partial charge on any atom is -0.497 e. The molecule has 1 aromatic rings. The Balaban J connectivity index is 2.22. The molecular weight excluding hydrogens is 188 g/mol. The molecule has 0 fully saturated rings. The van der Waals surface area contributed by atoms with E-state index in [1.807, 2.05) is 18.2 Å². The first-order valence-corrected chi connectivity index (χ1v) is 5.36. The first-order valence-electron chi connectivity index (χ1n) is 5.36. The van der Waals surface area contributed by atoms with Crippen molar-refractivity contribution in [3.8, 4) is 11.5 Å². The molecule has 80 valence electrons. The highest BCUT2D eigenvalue weighted by Gasteiger charge is 2.14. The third kappa shape index (κ3) is 2.14. The Morgan fingerprint density at radius 1 is 1.40 bits per heavy atom. The molecule has 2 rings (SSSR count). The van der Waals surface area contributed by atoms with Crippen LogP contribution < -0.4 is 9.47 Å². The van der Waals surface area contributed by atoms with Crippen molar-refractivity contribution < 1.29 is 9.47 Å². The zero-order valence-corrected chi connectivity index (χ0v) is 9.19. The minimum atomic E-state index is 0.217. The number of fused-ring (bicyclic) bond motifs is 1. The van der Waals surface area contributed by atoms with Gasteiger partial charge in [-0.15, -0.1) is 0 Å². The Bertz CT molecular complexity index is 369. The predicted octanol–water partition coefficient (Wildman–Crippen LogP) is 3.27. The summed E-state index contributed by atoms with van der Waals surface area (Å²) in [6, 6.07) is 5.92. The number of hydrogen-bond donors (Lipinski definition) is 0. The van der Waals surface area contributed by atoms with Gasteiger partial charge in [0.05, 0.1) is 7.11 Å². The maximum absolute atomic E-state index is 5.85. The number of benzene rings is 1. The van der Waals surface area contributed by atoms with Crippen LogP contribution in [0.4, 0.5) is 0 Å². The van der Waals surface area contributed by atoms with E-state index >= 15 is 0 Å². The van der Waals surface area contributed by atoms with Gasteiger partial charge in [0, 0.05) is 11.6 Å². The van der Waals surface area contributed by atoms with Crippen LogP contribution >= 0.6 is 0 Å². The number of rotatable bonds is 3. The highest BCUT2D eigenvalue weighted by Crippen LogP contribution is 2.30. The average Bonchev–Trinajstić information content (AvgIpc) is 2.28. The highest BCUT2D eigenvalue weighted by molar-refractivity contribution is 5.61. The molecule has 0 N–H and O–H groups in total. The van der Waals surface area contributed by atoms with E-state index in [0.717, 1.165) is 29.9 Å². The van der Waals surface area contributed by atoms with E-state index in [9.17, 15) is 0 Å². The zero-order valence-electron chi connectivity index (χ0n) is 9.19. The van der Waals surface area contributed by atoms with E-state index in [2.05, 4.69) is 19.1 Å². The molecule has 0 radical (unpaired) electrons. The van der Waals surface area contributed by atoms with E-state index in [-0.39, 0.29) is 6.10 Å². The van der Waals surface area contributed by atoms with Crippen LogP contribution in [0.2, 0.25) is 0 Å². The number of methoxy groups -OCH3 is 1. The fourth-order valence-corrected chi connectivity index (χ4v) is 1.73. The Labute approximate surface area is 90.5 Å². The van der Waals surface area contributed by atoms with E-state index in [1.54, 1.807) is 7.11 Å². The summed E-state index contributed by atoms with van der Waals surface area (Å²) < 4.78 is 11.0. The summed E-state index contributed by atoms with van der Waals surface area (Å²) in [6.07, 6.45) is 6.66. The monoisotopic (exact) mass is 204 g/mol. The average molecular weight is 204 g/mol. The van der Waals surface area contributed by atoms with Gasteiger partial charge in [0.15, 0.2) is 0 Å². The number of hydrogen-bond acceptors (Lipinski definition) is 2. The predicted molar refractivity (Wildman–Crippen MR) is 61.4 cm³/mol. The second kappa shape index (κ2) is 4.39. The first kappa shape index (κ1) is 10.1. The van der Waals surface area contributed by atoms with Gasteiger partial charge in [-0.25, -0.2) is 0 Å². The molecule has 1 aliphatic rings. The smallest absolute Gasteiger partial charge is 0.131 e. The molecule has 0 spiro atoms. The molecule has 0 amide bonds. The van der Waals surface area contributed by atoms with Crippen molar-refractivity contribution in [2.24, 2.45) is 0 Å². The van der Waals surface area contributed by atoms with Gasteiger partial charge in [-0.2, -0.15) is 0 Å². The lowest BCUT2D eigenvalue weighted by molar-refractivity contribution is 0.233. The standard InChI is InChI=1S/C13H16O2/c1-3-4-11-7-5-10-6-8-12(14-2)9-13(10)15-11/h5-9,11H,3-4H2,1-2H3. The molecular formula is C13H16O2. The van der Waals surface area contributed by atoms with Crippen LogP contribution in [0.15, 0.2) is 24.3 Å². The van der Waals surface area contributed by atoms with Crippen molar-refractivity contribution >= 4 is 6.08 Å². The van der Waals surface area contributed by atoms with E-state index < -0.39 is 0 Å². The van der Waals surface area contributed by atoms with E-state index in [4.69, 9.17) is 9.47 Å². The molecule has 2 heteroatoms. The Morgan fingerprint density at radius 2 is 2.27 bits per heavy atom. The fourth-order valence-electron chi connectivity index (χ4n) is 1.73.